The van der Waals surface area contributed by atoms with Gasteiger partial charge in [0.2, 0.25) is 5.91 Å². The van der Waals surface area contributed by atoms with Crippen LogP contribution in [0.3, 0.4) is 0 Å². The Balaban J connectivity index is 1.42. The van der Waals surface area contributed by atoms with Gasteiger partial charge in [-0.3, -0.25) is 9.69 Å². The molecule has 0 N–H and O–H groups in total. The second kappa shape index (κ2) is 6.48. The molecule has 3 aliphatic rings. The summed E-state index contributed by atoms with van der Waals surface area (Å²) in [6.07, 6.45) is 4.92. The lowest BCUT2D eigenvalue weighted by atomic mass is 9.91. The number of piperidine rings is 2. The van der Waals surface area contributed by atoms with Gasteiger partial charge in [0.15, 0.2) is 0 Å². The Kier molecular flexibility index (Phi) is 4.87. The molecule has 0 unspecified atom stereocenters. The maximum atomic E-state index is 12.5. The highest BCUT2D eigenvalue weighted by molar-refractivity contribution is 14.1. The van der Waals surface area contributed by atoms with E-state index in [4.69, 9.17) is 0 Å². The number of amides is 1. The van der Waals surface area contributed by atoms with Gasteiger partial charge in [-0.2, -0.15) is 0 Å². The van der Waals surface area contributed by atoms with E-state index in [0.29, 0.717) is 11.8 Å². The summed E-state index contributed by atoms with van der Waals surface area (Å²) in [4.78, 5) is 17.1. The zero-order valence-electron chi connectivity index (χ0n) is 12.4. The van der Waals surface area contributed by atoms with Gasteiger partial charge in [-0.1, -0.05) is 6.92 Å². The standard InChI is InChI=1S/C15H26IN3O/c1-12-2-6-17(7-3-12)15(20)13-10-18(11-13)14-4-8-19(16)9-5-14/h12-14H,2-11H2,1H3. The number of rotatable bonds is 2. The smallest absolute Gasteiger partial charge is 0.228 e. The van der Waals surface area contributed by atoms with Crippen molar-refractivity contribution in [2.24, 2.45) is 11.8 Å². The van der Waals surface area contributed by atoms with Crippen molar-refractivity contribution in [1.29, 1.82) is 0 Å². The number of likely N-dealkylation sites (tertiary alicyclic amines) is 2. The molecule has 3 saturated heterocycles. The molecule has 0 saturated carbocycles. The highest BCUT2D eigenvalue weighted by Gasteiger charge is 2.39. The van der Waals surface area contributed by atoms with Crippen LogP contribution in [0.4, 0.5) is 0 Å². The van der Waals surface area contributed by atoms with E-state index in [1.807, 2.05) is 0 Å². The SMILES string of the molecule is CC1CCN(C(=O)C2CN(C3CCN(I)CC3)C2)CC1. The van der Waals surface area contributed by atoms with E-state index in [0.717, 1.165) is 38.1 Å². The molecular weight excluding hydrogens is 365 g/mol. The maximum absolute atomic E-state index is 12.5. The zero-order valence-corrected chi connectivity index (χ0v) is 14.6. The van der Waals surface area contributed by atoms with Crippen LogP contribution in [-0.4, -0.2) is 64.1 Å². The van der Waals surface area contributed by atoms with Gasteiger partial charge in [0.05, 0.1) is 5.92 Å². The van der Waals surface area contributed by atoms with E-state index < -0.39 is 0 Å². The van der Waals surface area contributed by atoms with Crippen LogP contribution in [-0.2, 0) is 4.79 Å². The molecule has 0 atom stereocenters. The Morgan fingerprint density at radius 2 is 1.60 bits per heavy atom. The summed E-state index contributed by atoms with van der Waals surface area (Å²) in [5.74, 6) is 1.52. The molecule has 4 nitrogen and oxygen atoms in total. The van der Waals surface area contributed by atoms with Crippen LogP contribution in [0.1, 0.15) is 32.6 Å². The normalized spacial score (nSPS) is 28.6. The minimum atomic E-state index is 0.293. The fraction of sp³-hybridized carbons (Fsp3) is 0.933. The molecule has 3 rings (SSSR count). The molecule has 5 heteroatoms. The fourth-order valence-electron chi connectivity index (χ4n) is 3.65. The summed E-state index contributed by atoms with van der Waals surface area (Å²) in [6.45, 7) is 8.70. The first kappa shape index (κ1) is 15.0. The third-order valence-electron chi connectivity index (χ3n) is 5.28. The first-order valence-electron chi connectivity index (χ1n) is 8.07. The van der Waals surface area contributed by atoms with Crippen molar-refractivity contribution in [3.05, 3.63) is 0 Å². The number of hydrogen-bond donors (Lipinski definition) is 0. The molecule has 3 aliphatic heterocycles. The van der Waals surface area contributed by atoms with Crippen LogP contribution in [0.2, 0.25) is 0 Å². The van der Waals surface area contributed by atoms with Crippen LogP contribution in [0.25, 0.3) is 0 Å². The third kappa shape index (κ3) is 3.30. The lowest BCUT2D eigenvalue weighted by Crippen LogP contribution is -2.59. The quantitative estimate of drug-likeness (QED) is 0.532. The monoisotopic (exact) mass is 391 g/mol. The largest absolute Gasteiger partial charge is 0.342 e. The van der Waals surface area contributed by atoms with Gasteiger partial charge in [0.1, 0.15) is 0 Å². The highest BCUT2D eigenvalue weighted by atomic mass is 127. The second-order valence-corrected chi connectivity index (χ2v) is 8.16. The highest BCUT2D eigenvalue weighted by Crippen LogP contribution is 2.28. The van der Waals surface area contributed by atoms with E-state index in [1.54, 1.807) is 0 Å². The fourth-order valence-corrected chi connectivity index (χ4v) is 4.21. The number of halogens is 1. The molecule has 0 aromatic heterocycles. The van der Waals surface area contributed by atoms with Crippen LogP contribution in [0.5, 0.6) is 0 Å². The number of hydrogen-bond acceptors (Lipinski definition) is 3. The molecule has 0 aromatic rings. The molecule has 0 bridgehead atoms. The molecule has 114 valence electrons. The number of carbonyl (C=O) groups is 1. The molecule has 0 aromatic carbocycles. The van der Waals surface area contributed by atoms with Gasteiger partial charge in [0.25, 0.3) is 0 Å². The lowest BCUT2D eigenvalue weighted by Gasteiger charge is -2.47. The van der Waals surface area contributed by atoms with Crippen LogP contribution < -0.4 is 0 Å². The summed E-state index contributed by atoms with van der Waals surface area (Å²) < 4.78 is 2.38. The Morgan fingerprint density at radius 1 is 1.00 bits per heavy atom. The molecule has 1 amide bonds. The summed E-state index contributed by atoms with van der Waals surface area (Å²) in [7, 11) is 0. The summed E-state index contributed by atoms with van der Waals surface area (Å²) in [6, 6.07) is 0.728. The molecule has 3 heterocycles. The van der Waals surface area contributed by atoms with Crippen molar-refractivity contribution in [3.8, 4) is 0 Å². The van der Waals surface area contributed by atoms with Crippen molar-refractivity contribution < 1.29 is 4.79 Å². The van der Waals surface area contributed by atoms with Crippen molar-refractivity contribution in [1.82, 2.24) is 12.9 Å². The molecule has 0 aliphatic carbocycles. The lowest BCUT2D eigenvalue weighted by molar-refractivity contribution is -0.144. The van der Waals surface area contributed by atoms with Crippen molar-refractivity contribution in [2.75, 3.05) is 39.3 Å². The Morgan fingerprint density at radius 3 is 2.20 bits per heavy atom. The molecule has 0 spiro atoms. The summed E-state index contributed by atoms with van der Waals surface area (Å²) in [5.41, 5.74) is 0. The predicted octanol–water partition coefficient (Wildman–Crippen LogP) is 1.99. The van der Waals surface area contributed by atoms with Crippen molar-refractivity contribution in [2.45, 2.75) is 38.6 Å². The van der Waals surface area contributed by atoms with E-state index in [1.165, 1.54) is 38.8 Å². The van der Waals surface area contributed by atoms with Crippen molar-refractivity contribution in [3.63, 3.8) is 0 Å². The predicted molar refractivity (Wildman–Crippen MR) is 88.7 cm³/mol. The van der Waals surface area contributed by atoms with E-state index in [9.17, 15) is 4.79 Å². The van der Waals surface area contributed by atoms with Gasteiger partial charge in [-0.15, -0.1) is 0 Å². The van der Waals surface area contributed by atoms with Crippen LogP contribution in [0, 0.1) is 11.8 Å². The van der Waals surface area contributed by atoms with Gasteiger partial charge in [-0.25, -0.2) is 3.11 Å². The first-order valence-corrected chi connectivity index (χ1v) is 9.03. The topological polar surface area (TPSA) is 26.8 Å². The van der Waals surface area contributed by atoms with Gasteiger partial charge in [-0.05, 0) is 31.6 Å². The third-order valence-corrected chi connectivity index (χ3v) is 6.25. The minimum absolute atomic E-state index is 0.293. The average molecular weight is 391 g/mol. The number of carbonyl (C=O) groups excluding carboxylic acids is 1. The maximum Gasteiger partial charge on any atom is 0.228 e. The second-order valence-electron chi connectivity index (χ2n) is 6.80. The Hall–Kier alpha value is 0.120. The van der Waals surface area contributed by atoms with Crippen molar-refractivity contribution >= 4 is 28.8 Å². The van der Waals surface area contributed by atoms with E-state index in [2.05, 4.69) is 42.7 Å². The Bertz CT molecular complexity index is 343. The Labute approximate surface area is 136 Å². The minimum Gasteiger partial charge on any atom is -0.342 e. The van der Waals surface area contributed by atoms with Crippen LogP contribution in [0.15, 0.2) is 0 Å². The van der Waals surface area contributed by atoms with Gasteiger partial charge in [0, 0.05) is 68.2 Å². The zero-order chi connectivity index (χ0) is 14.1. The van der Waals surface area contributed by atoms with Crippen LogP contribution >= 0.6 is 22.9 Å². The molecule has 20 heavy (non-hydrogen) atoms. The number of nitrogens with zero attached hydrogens (tertiary/aromatic N) is 3. The average Bonchev–Trinajstić information content (AvgIpc) is 2.40. The summed E-state index contributed by atoms with van der Waals surface area (Å²) >= 11 is 2.42. The van der Waals surface area contributed by atoms with E-state index >= 15 is 0 Å². The van der Waals surface area contributed by atoms with Gasteiger partial charge >= 0.3 is 0 Å². The summed E-state index contributed by atoms with van der Waals surface area (Å²) in [5, 5.41) is 0. The molecular formula is C15H26IN3O. The molecule has 3 fully saturated rings. The van der Waals surface area contributed by atoms with E-state index in [-0.39, 0.29) is 0 Å². The first-order chi connectivity index (χ1) is 9.63. The van der Waals surface area contributed by atoms with Gasteiger partial charge < -0.3 is 4.90 Å². The molecule has 0 radical (unpaired) electrons.